The number of aliphatic imine (C=N–C) groups is 1. The number of nitrogens with one attached hydrogen (secondary N) is 2. The lowest BCUT2D eigenvalue weighted by molar-refractivity contribution is 0.613. The van der Waals surface area contributed by atoms with Crippen molar-refractivity contribution in [3.8, 4) is 5.69 Å². The molecule has 1 saturated heterocycles. The zero-order chi connectivity index (χ0) is 20.1. The van der Waals surface area contributed by atoms with Crippen LogP contribution >= 0.6 is 0 Å². The summed E-state index contributed by atoms with van der Waals surface area (Å²) in [7, 11) is 1.75. The Hall–Kier alpha value is -3.35. The highest BCUT2D eigenvalue weighted by Crippen LogP contribution is 2.19. The van der Waals surface area contributed by atoms with Crippen LogP contribution in [0.15, 0.2) is 72.2 Å². The van der Waals surface area contributed by atoms with Crippen LogP contribution in [0.5, 0.6) is 0 Å². The van der Waals surface area contributed by atoms with Crippen LogP contribution in [0.1, 0.15) is 12.0 Å². The molecule has 6 nitrogen and oxygen atoms in total. The number of halogens is 1. The average Bonchev–Trinajstić information content (AvgIpc) is 3.44. The minimum atomic E-state index is -0.278. The van der Waals surface area contributed by atoms with Crippen LogP contribution in [0, 0.1) is 5.82 Å². The van der Waals surface area contributed by atoms with Gasteiger partial charge in [0.2, 0.25) is 0 Å². The molecule has 4 rings (SSSR count). The summed E-state index contributed by atoms with van der Waals surface area (Å²) in [6.07, 6.45) is 5.99. The normalized spacial score (nSPS) is 16.8. The summed E-state index contributed by atoms with van der Waals surface area (Å²) < 4.78 is 16.1. The van der Waals surface area contributed by atoms with Crippen LogP contribution in [0.2, 0.25) is 0 Å². The van der Waals surface area contributed by atoms with Gasteiger partial charge in [-0.15, -0.1) is 0 Å². The number of imidazole rings is 1. The topological polar surface area (TPSA) is 57.5 Å². The van der Waals surface area contributed by atoms with Gasteiger partial charge in [-0.1, -0.05) is 24.3 Å². The SMILES string of the molecule is CN=C(NCc1ccc(-n2ccnc2)c(F)c1)NC1CCN(c2ccccc2)C1. The fraction of sp³-hybridized carbons (Fsp3) is 0.273. The summed E-state index contributed by atoms with van der Waals surface area (Å²) >= 11 is 0. The number of benzene rings is 2. The van der Waals surface area contributed by atoms with Gasteiger partial charge in [-0.05, 0) is 36.2 Å². The van der Waals surface area contributed by atoms with Gasteiger partial charge in [-0.25, -0.2) is 9.37 Å². The average molecular weight is 392 g/mol. The molecule has 2 N–H and O–H groups in total. The second-order valence-electron chi connectivity index (χ2n) is 7.09. The van der Waals surface area contributed by atoms with E-state index in [1.165, 1.54) is 5.69 Å². The molecule has 1 aliphatic rings. The number of anilines is 1. The van der Waals surface area contributed by atoms with Crippen molar-refractivity contribution in [3.05, 3.63) is 78.6 Å². The lowest BCUT2D eigenvalue weighted by Gasteiger charge is -2.20. The molecular formula is C22H25FN6. The third-order valence-electron chi connectivity index (χ3n) is 5.13. The van der Waals surface area contributed by atoms with E-state index >= 15 is 0 Å². The molecule has 1 aromatic heterocycles. The third-order valence-corrected chi connectivity index (χ3v) is 5.13. The monoisotopic (exact) mass is 392 g/mol. The van der Waals surface area contributed by atoms with E-state index in [0.29, 0.717) is 18.3 Å². The van der Waals surface area contributed by atoms with Crippen molar-refractivity contribution in [1.29, 1.82) is 0 Å². The van der Waals surface area contributed by atoms with Crippen molar-refractivity contribution in [2.45, 2.75) is 19.0 Å². The summed E-state index contributed by atoms with van der Waals surface area (Å²) in [6, 6.07) is 16.0. The molecule has 3 aromatic rings. The Kier molecular flexibility index (Phi) is 5.74. The third kappa shape index (κ3) is 4.56. The van der Waals surface area contributed by atoms with Crippen molar-refractivity contribution < 1.29 is 4.39 Å². The lowest BCUT2D eigenvalue weighted by atomic mass is 10.2. The van der Waals surface area contributed by atoms with E-state index in [-0.39, 0.29) is 5.82 Å². The van der Waals surface area contributed by atoms with E-state index in [4.69, 9.17) is 0 Å². The molecule has 0 saturated carbocycles. The minimum Gasteiger partial charge on any atom is -0.369 e. The Bertz CT molecular complexity index is 955. The molecule has 150 valence electrons. The molecule has 1 atom stereocenters. The van der Waals surface area contributed by atoms with Gasteiger partial charge < -0.3 is 20.1 Å². The van der Waals surface area contributed by atoms with E-state index in [0.717, 1.165) is 31.0 Å². The van der Waals surface area contributed by atoms with E-state index in [9.17, 15) is 4.39 Å². The molecule has 0 amide bonds. The van der Waals surface area contributed by atoms with Gasteiger partial charge in [0.25, 0.3) is 0 Å². The number of para-hydroxylation sites is 1. The maximum atomic E-state index is 14.4. The van der Waals surface area contributed by atoms with Crippen LogP contribution < -0.4 is 15.5 Å². The number of nitrogens with zero attached hydrogens (tertiary/aromatic N) is 4. The Morgan fingerprint density at radius 2 is 2.10 bits per heavy atom. The molecule has 0 radical (unpaired) electrons. The Balaban J connectivity index is 1.32. The first-order valence-electron chi connectivity index (χ1n) is 9.77. The number of hydrogen-bond donors (Lipinski definition) is 2. The van der Waals surface area contributed by atoms with Crippen molar-refractivity contribution in [2.75, 3.05) is 25.0 Å². The first kappa shape index (κ1) is 19.0. The van der Waals surface area contributed by atoms with Crippen LogP contribution in [0.4, 0.5) is 10.1 Å². The summed E-state index contributed by atoms with van der Waals surface area (Å²) in [4.78, 5) is 10.6. The van der Waals surface area contributed by atoms with Crippen molar-refractivity contribution in [2.24, 2.45) is 4.99 Å². The molecule has 1 unspecified atom stereocenters. The molecule has 1 aliphatic heterocycles. The zero-order valence-corrected chi connectivity index (χ0v) is 16.4. The smallest absolute Gasteiger partial charge is 0.191 e. The summed E-state index contributed by atoms with van der Waals surface area (Å²) in [5, 5.41) is 6.76. The predicted octanol–water partition coefficient (Wildman–Crippen LogP) is 2.96. The number of rotatable bonds is 5. The second-order valence-corrected chi connectivity index (χ2v) is 7.09. The quantitative estimate of drug-likeness (QED) is 0.518. The highest BCUT2D eigenvalue weighted by atomic mass is 19.1. The molecular weight excluding hydrogens is 367 g/mol. The molecule has 29 heavy (non-hydrogen) atoms. The van der Waals surface area contributed by atoms with Gasteiger partial charge >= 0.3 is 0 Å². The van der Waals surface area contributed by atoms with Gasteiger partial charge in [-0.2, -0.15) is 0 Å². The van der Waals surface area contributed by atoms with Gasteiger partial charge in [0.05, 0.1) is 12.0 Å². The molecule has 0 spiro atoms. The Morgan fingerprint density at radius 1 is 1.24 bits per heavy atom. The van der Waals surface area contributed by atoms with Crippen molar-refractivity contribution in [3.63, 3.8) is 0 Å². The lowest BCUT2D eigenvalue weighted by Crippen LogP contribution is -2.44. The molecule has 0 bridgehead atoms. The van der Waals surface area contributed by atoms with E-state index in [1.807, 2.05) is 12.1 Å². The van der Waals surface area contributed by atoms with Crippen LogP contribution in [-0.2, 0) is 6.54 Å². The summed E-state index contributed by atoms with van der Waals surface area (Å²) in [6.45, 7) is 2.44. The maximum absolute atomic E-state index is 14.4. The Labute approximate surface area is 170 Å². The molecule has 2 aromatic carbocycles. The summed E-state index contributed by atoms with van der Waals surface area (Å²) in [5.41, 5.74) is 2.58. The number of guanidine groups is 1. The molecule has 0 aliphatic carbocycles. The van der Waals surface area contributed by atoms with Gasteiger partial charge in [0.1, 0.15) is 5.82 Å². The van der Waals surface area contributed by atoms with Crippen molar-refractivity contribution >= 4 is 11.6 Å². The molecule has 2 heterocycles. The van der Waals surface area contributed by atoms with Crippen LogP contribution in [-0.4, -0.2) is 41.7 Å². The van der Waals surface area contributed by atoms with Crippen LogP contribution in [0.25, 0.3) is 5.69 Å². The highest BCUT2D eigenvalue weighted by Gasteiger charge is 2.23. The van der Waals surface area contributed by atoms with Gasteiger partial charge in [0, 0.05) is 50.8 Å². The predicted molar refractivity (Wildman–Crippen MR) is 114 cm³/mol. The fourth-order valence-corrected chi connectivity index (χ4v) is 3.60. The van der Waals surface area contributed by atoms with Gasteiger partial charge in [0.15, 0.2) is 5.96 Å². The van der Waals surface area contributed by atoms with E-state index in [2.05, 4.69) is 49.8 Å². The standard InChI is InChI=1S/C22H25FN6/c1-24-22(27-18-9-11-28(15-18)19-5-3-2-4-6-19)26-14-17-7-8-21(20(23)13-17)29-12-10-25-16-29/h2-8,10,12-13,16,18H,9,11,14-15H2,1H3,(H2,24,26,27). The van der Waals surface area contributed by atoms with Crippen molar-refractivity contribution in [1.82, 2.24) is 20.2 Å². The van der Waals surface area contributed by atoms with E-state index in [1.54, 1.807) is 42.5 Å². The molecule has 7 heteroatoms. The van der Waals surface area contributed by atoms with Gasteiger partial charge in [-0.3, -0.25) is 4.99 Å². The van der Waals surface area contributed by atoms with Crippen LogP contribution in [0.3, 0.4) is 0 Å². The zero-order valence-electron chi connectivity index (χ0n) is 16.4. The first-order chi connectivity index (χ1) is 14.2. The highest BCUT2D eigenvalue weighted by molar-refractivity contribution is 5.80. The summed E-state index contributed by atoms with van der Waals surface area (Å²) in [5.74, 6) is 0.448. The second kappa shape index (κ2) is 8.77. The Morgan fingerprint density at radius 3 is 2.83 bits per heavy atom. The van der Waals surface area contributed by atoms with E-state index < -0.39 is 0 Å². The minimum absolute atomic E-state index is 0.278. The first-order valence-corrected chi connectivity index (χ1v) is 9.77. The molecule has 1 fully saturated rings. The number of aromatic nitrogens is 2. The largest absolute Gasteiger partial charge is 0.369 e. The maximum Gasteiger partial charge on any atom is 0.191 e. The number of hydrogen-bond acceptors (Lipinski definition) is 3. The fourth-order valence-electron chi connectivity index (χ4n) is 3.60.